The maximum absolute atomic E-state index is 13.5. The molecule has 0 bridgehead atoms. The fourth-order valence-corrected chi connectivity index (χ4v) is 6.41. The number of carbonyl (C=O) groups is 1. The SMILES string of the molecule is CC(C)c1ccc([C@@H]2c3c(oc4ccccc4c3=O)C(=O)N2[C@H]2CCS(=O)(=O)C2)cc1. The highest BCUT2D eigenvalue weighted by Gasteiger charge is 2.48. The number of hydrogen-bond acceptors (Lipinski definition) is 5. The summed E-state index contributed by atoms with van der Waals surface area (Å²) in [6.45, 7) is 4.19. The van der Waals surface area contributed by atoms with Crippen LogP contribution in [-0.4, -0.2) is 36.8 Å². The highest BCUT2D eigenvalue weighted by Crippen LogP contribution is 2.41. The van der Waals surface area contributed by atoms with Crippen molar-refractivity contribution in [2.45, 2.75) is 38.3 Å². The van der Waals surface area contributed by atoms with Crippen LogP contribution in [0.15, 0.2) is 57.7 Å². The van der Waals surface area contributed by atoms with Gasteiger partial charge in [-0.15, -0.1) is 0 Å². The van der Waals surface area contributed by atoms with Gasteiger partial charge >= 0.3 is 0 Å². The van der Waals surface area contributed by atoms with E-state index in [1.807, 2.05) is 24.3 Å². The third kappa shape index (κ3) is 3.19. The molecule has 5 rings (SSSR count). The molecule has 3 aromatic rings. The monoisotopic (exact) mass is 437 g/mol. The van der Waals surface area contributed by atoms with Crippen molar-refractivity contribution in [2.24, 2.45) is 0 Å². The van der Waals surface area contributed by atoms with Crippen LogP contribution in [0.3, 0.4) is 0 Å². The average Bonchev–Trinajstić information content (AvgIpc) is 3.25. The lowest BCUT2D eigenvalue weighted by molar-refractivity contribution is 0.0662. The summed E-state index contributed by atoms with van der Waals surface area (Å²) in [4.78, 5) is 28.5. The average molecular weight is 438 g/mol. The van der Waals surface area contributed by atoms with E-state index < -0.39 is 27.8 Å². The Morgan fingerprint density at radius 2 is 1.74 bits per heavy atom. The molecule has 0 saturated carbocycles. The number of sulfone groups is 1. The highest BCUT2D eigenvalue weighted by atomic mass is 32.2. The minimum absolute atomic E-state index is 0.0194. The number of fused-ring (bicyclic) bond motifs is 2. The van der Waals surface area contributed by atoms with Crippen LogP contribution in [0, 0.1) is 0 Å². The predicted octanol–water partition coefficient (Wildman–Crippen LogP) is 3.65. The van der Waals surface area contributed by atoms with Gasteiger partial charge in [-0.2, -0.15) is 0 Å². The molecule has 7 heteroatoms. The number of amides is 1. The van der Waals surface area contributed by atoms with Crippen LogP contribution in [0.25, 0.3) is 11.0 Å². The zero-order valence-electron chi connectivity index (χ0n) is 17.4. The second kappa shape index (κ2) is 7.05. The Morgan fingerprint density at radius 3 is 2.39 bits per heavy atom. The van der Waals surface area contributed by atoms with E-state index in [9.17, 15) is 18.0 Å². The maximum Gasteiger partial charge on any atom is 0.291 e. The number of hydrogen-bond donors (Lipinski definition) is 0. The highest BCUT2D eigenvalue weighted by molar-refractivity contribution is 7.91. The number of para-hydroxylation sites is 1. The molecule has 0 spiro atoms. The number of nitrogens with zero attached hydrogens (tertiary/aromatic N) is 1. The van der Waals surface area contributed by atoms with Gasteiger partial charge in [0.2, 0.25) is 5.76 Å². The Labute approximate surface area is 180 Å². The Balaban J connectivity index is 1.72. The van der Waals surface area contributed by atoms with Crippen molar-refractivity contribution in [3.63, 3.8) is 0 Å². The van der Waals surface area contributed by atoms with Crippen LogP contribution in [0.2, 0.25) is 0 Å². The van der Waals surface area contributed by atoms with Gasteiger partial charge in [-0.05, 0) is 35.6 Å². The van der Waals surface area contributed by atoms with Crippen molar-refractivity contribution in [1.82, 2.24) is 4.90 Å². The van der Waals surface area contributed by atoms with Crippen molar-refractivity contribution in [3.05, 3.63) is 81.2 Å². The van der Waals surface area contributed by atoms with Crippen molar-refractivity contribution in [3.8, 4) is 0 Å². The molecule has 1 aromatic heterocycles. The van der Waals surface area contributed by atoms with Gasteiger partial charge in [-0.3, -0.25) is 9.59 Å². The van der Waals surface area contributed by atoms with Crippen molar-refractivity contribution < 1.29 is 17.6 Å². The van der Waals surface area contributed by atoms with E-state index in [0.29, 0.717) is 28.9 Å². The molecule has 3 heterocycles. The van der Waals surface area contributed by atoms with Crippen LogP contribution < -0.4 is 5.43 Å². The van der Waals surface area contributed by atoms with Crippen LogP contribution in [0.1, 0.15) is 59.5 Å². The molecule has 0 aliphatic carbocycles. The second-order valence-electron chi connectivity index (χ2n) is 8.66. The van der Waals surface area contributed by atoms with Gasteiger partial charge in [-0.25, -0.2) is 8.42 Å². The van der Waals surface area contributed by atoms with Crippen molar-refractivity contribution >= 4 is 26.7 Å². The first kappa shape index (κ1) is 20.0. The fourth-order valence-electron chi connectivity index (χ4n) is 4.70. The van der Waals surface area contributed by atoms with Gasteiger partial charge in [0.05, 0.1) is 28.5 Å². The summed E-state index contributed by atoms with van der Waals surface area (Å²) in [5.41, 5.74) is 2.34. The molecule has 160 valence electrons. The summed E-state index contributed by atoms with van der Waals surface area (Å²) in [6, 6.07) is 13.5. The van der Waals surface area contributed by atoms with E-state index in [2.05, 4.69) is 13.8 Å². The Bertz CT molecular complexity index is 1350. The van der Waals surface area contributed by atoms with Crippen LogP contribution in [0.4, 0.5) is 0 Å². The largest absolute Gasteiger partial charge is 0.450 e. The van der Waals surface area contributed by atoms with Crippen LogP contribution in [0.5, 0.6) is 0 Å². The number of carbonyl (C=O) groups excluding carboxylic acids is 1. The first-order valence-electron chi connectivity index (χ1n) is 10.5. The molecule has 2 aliphatic heterocycles. The second-order valence-corrected chi connectivity index (χ2v) is 10.9. The number of rotatable bonds is 3. The van der Waals surface area contributed by atoms with Crippen molar-refractivity contribution in [2.75, 3.05) is 11.5 Å². The molecule has 2 aromatic carbocycles. The molecular weight excluding hydrogens is 414 g/mol. The van der Waals surface area contributed by atoms with E-state index in [-0.39, 0.29) is 22.7 Å². The van der Waals surface area contributed by atoms with Crippen molar-refractivity contribution in [1.29, 1.82) is 0 Å². The Morgan fingerprint density at radius 1 is 1.03 bits per heavy atom. The van der Waals surface area contributed by atoms with Gasteiger partial charge < -0.3 is 9.32 Å². The van der Waals surface area contributed by atoms with E-state index in [4.69, 9.17) is 4.42 Å². The number of benzene rings is 2. The Kier molecular flexibility index (Phi) is 4.55. The van der Waals surface area contributed by atoms with Gasteiger partial charge in [0.1, 0.15) is 5.58 Å². The zero-order chi connectivity index (χ0) is 21.9. The first-order valence-corrected chi connectivity index (χ1v) is 12.3. The van der Waals surface area contributed by atoms with Gasteiger partial charge in [0, 0.05) is 6.04 Å². The summed E-state index contributed by atoms with van der Waals surface area (Å²) in [5, 5.41) is 0.416. The summed E-state index contributed by atoms with van der Waals surface area (Å²) in [7, 11) is -3.22. The van der Waals surface area contributed by atoms with Gasteiger partial charge in [0.25, 0.3) is 5.91 Å². The van der Waals surface area contributed by atoms with Gasteiger partial charge in [0.15, 0.2) is 15.3 Å². The molecular formula is C24H23NO5S. The molecule has 0 radical (unpaired) electrons. The third-order valence-corrected chi connectivity index (χ3v) is 8.08. The smallest absolute Gasteiger partial charge is 0.291 e. The maximum atomic E-state index is 13.5. The molecule has 0 N–H and O–H groups in total. The predicted molar refractivity (Wildman–Crippen MR) is 118 cm³/mol. The van der Waals surface area contributed by atoms with E-state index in [1.165, 1.54) is 0 Å². The summed E-state index contributed by atoms with van der Waals surface area (Å²) >= 11 is 0. The normalized spacial score (nSPS) is 22.4. The third-order valence-electron chi connectivity index (χ3n) is 6.33. The molecule has 1 fully saturated rings. The van der Waals surface area contributed by atoms with Crippen LogP contribution in [-0.2, 0) is 9.84 Å². The van der Waals surface area contributed by atoms with Crippen LogP contribution >= 0.6 is 0 Å². The fraction of sp³-hybridized carbons (Fsp3) is 0.333. The quantitative estimate of drug-likeness (QED) is 0.624. The molecule has 1 amide bonds. The zero-order valence-corrected chi connectivity index (χ0v) is 18.2. The lowest BCUT2D eigenvalue weighted by Crippen LogP contribution is -2.40. The molecule has 6 nitrogen and oxygen atoms in total. The lowest BCUT2D eigenvalue weighted by Gasteiger charge is -2.30. The molecule has 0 unspecified atom stereocenters. The molecule has 2 aliphatic rings. The van der Waals surface area contributed by atoms with E-state index >= 15 is 0 Å². The van der Waals surface area contributed by atoms with E-state index in [0.717, 1.165) is 11.1 Å². The summed E-state index contributed by atoms with van der Waals surface area (Å²) in [6.07, 6.45) is 0.357. The summed E-state index contributed by atoms with van der Waals surface area (Å²) < 4.78 is 30.3. The van der Waals surface area contributed by atoms with E-state index in [1.54, 1.807) is 29.2 Å². The Hall–Kier alpha value is -2.93. The molecule has 31 heavy (non-hydrogen) atoms. The minimum atomic E-state index is -3.22. The first-order chi connectivity index (χ1) is 14.8. The van der Waals surface area contributed by atoms with Gasteiger partial charge in [-0.1, -0.05) is 50.2 Å². The summed E-state index contributed by atoms with van der Waals surface area (Å²) in [5.74, 6) is -0.110. The standard InChI is InChI=1S/C24H23NO5S/c1-14(2)15-7-9-16(10-8-15)21-20-22(26)18-5-3-4-6-19(18)30-23(20)24(27)25(21)17-11-12-31(28,29)13-17/h3-10,14,17,21H,11-13H2,1-2H3/t17-,21+/m0/s1. The topological polar surface area (TPSA) is 84.7 Å². The minimum Gasteiger partial charge on any atom is -0.450 e. The molecule has 1 saturated heterocycles. The molecule has 2 atom stereocenters. The lowest BCUT2D eigenvalue weighted by atomic mass is 9.94.